The molecule has 3 rings (SSSR count). The van der Waals surface area contributed by atoms with E-state index in [0.29, 0.717) is 5.02 Å². The summed E-state index contributed by atoms with van der Waals surface area (Å²) in [5.41, 5.74) is 4.04. The van der Waals surface area contributed by atoms with Gasteiger partial charge in [-0.1, -0.05) is 23.7 Å². The van der Waals surface area contributed by atoms with Gasteiger partial charge in [-0.05, 0) is 66.3 Å². The number of hydrogen-bond donors (Lipinski definition) is 0. The number of imidazole rings is 1. The van der Waals surface area contributed by atoms with E-state index in [1.807, 2.05) is 37.3 Å². The predicted molar refractivity (Wildman–Crippen MR) is 97.8 cm³/mol. The van der Waals surface area contributed by atoms with Crippen LogP contribution < -0.4 is 0 Å². The number of halogens is 3. The van der Waals surface area contributed by atoms with Gasteiger partial charge in [0.2, 0.25) is 0 Å². The largest absolute Gasteiger partial charge is 0.294 e. The maximum absolute atomic E-state index is 6.44. The van der Waals surface area contributed by atoms with Gasteiger partial charge < -0.3 is 0 Å². The van der Waals surface area contributed by atoms with Gasteiger partial charge >= 0.3 is 0 Å². The molecule has 0 bridgehead atoms. The van der Waals surface area contributed by atoms with Crippen molar-refractivity contribution in [3.8, 4) is 5.69 Å². The van der Waals surface area contributed by atoms with E-state index in [0.717, 1.165) is 31.7 Å². The van der Waals surface area contributed by atoms with Crippen LogP contribution in [0, 0.1) is 10.5 Å². The number of hydrogen-bond acceptors (Lipinski definition) is 1. The highest BCUT2D eigenvalue weighted by atomic mass is 127. The van der Waals surface area contributed by atoms with Crippen molar-refractivity contribution in [2.75, 3.05) is 0 Å². The molecule has 0 aliphatic heterocycles. The second-order valence-corrected chi connectivity index (χ2v) is 7.27. The molecule has 0 aliphatic rings. The van der Waals surface area contributed by atoms with E-state index >= 15 is 0 Å². The van der Waals surface area contributed by atoms with Gasteiger partial charge in [-0.2, -0.15) is 0 Å². The van der Waals surface area contributed by atoms with E-state index in [-0.39, 0.29) is 5.38 Å². The Morgan fingerprint density at radius 1 is 1.24 bits per heavy atom. The number of alkyl halides is 1. The summed E-state index contributed by atoms with van der Waals surface area (Å²) in [7, 11) is 0. The summed E-state index contributed by atoms with van der Waals surface area (Å²) in [6.45, 7) is 3.98. The molecule has 1 aromatic heterocycles. The van der Waals surface area contributed by atoms with E-state index in [4.69, 9.17) is 28.2 Å². The van der Waals surface area contributed by atoms with Gasteiger partial charge in [0.25, 0.3) is 0 Å². The van der Waals surface area contributed by atoms with Crippen LogP contribution in [-0.2, 0) is 0 Å². The normalized spacial score (nSPS) is 12.8. The van der Waals surface area contributed by atoms with Gasteiger partial charge in [0, 0.05) is 3.57 Å². The Morgan fingerprint density at radius 3 is 2.67 bits per heavy atom. The van der Waals surface area contributed by atoms with Gasteiger partial charge in [0.05, 0.1) is 27.1 Å². The maximum atomic E-state index is 6.44. The second kappa shape index (κ2) is 5.78. The van der Waals surface area contributed by atoms with E-state index < -0.39 is 0 Å². The molecule has 1 heterocycles. The SMILES string of the molecule is Cc1cccc2c1nc(C(C)Cl)n2-c1ccc(I)cc1Cl. The van der Waals surface area contributed by atoms with Crippen molar-refractivity contribution in [1.29, 1.82) is 0 Å². The second-order valence-electron chi connectivity index (χ2n) is 4.96. The molecule has 21 heavy (non-hydrogen) atoms. The van der Waals surface area contributed by atoms with Crippen LogP contribution in [0.15, 0.2) is 36.4 Å². The highest BCUT2D eigenvalue weighted by Gasteiger charge is 2.18. The Bertz CT molecular complexity index is 825. The van der Waals surface area contributed by atoms with E-state index in [2.05, 4.69) is 40.1 Å². The number of para-hydroxylation sites is 1. The number of rotatable bonds is 2. The van der Waals surface area contributed by atoms with Crippen molar-refractivity contribution >= 4 is 56.8 Å². The van der Waals surface area contributed by atoms with Crippen LogP contribution in [-0.4, -0.2) is 9.55 Å². The van der Waals surface area contributed by atoms with Crippen molar-refractivity contribution in [3.05, 3.63) is 56.4 Å². The zero-order valence-electron chi connectivity index (χ0n) is 11.6. The van der Waals surface area contributed by atoms with Crippen molar-refractivity contribution in [3.63, 3.8) is 0 Å². The summed E-state index contributed by atoms with van der Waals surface area (Å²) < 4.78 is 3.15. The van der Waals surface area contributed by atoms with Crippen LogP contribution in [0.25, 0.3) is 16.7 Å². The molecule has 108 valence electrons. The number of fused-ring (bicyclic) bond motifs is 1. The van der Waals surface area contributed by atoms with E-state index in [1.165, 1.54) is 0 Å². The van der Waals surface area contributed by atoms with Crippen molar-refractivity contribution in [2.45, 2.75) is 19.2 Å². The Kier molecular flexibility index (Phi) is 4.17. The molecule has 0 spiro atoms. The molecule has 0 amide bonds. The third-order valence-electron chi connectivity index (χ3n) is 3.42. The average molecular weight is 431 g/mol. The molecule has 0 saturated heterocycles. The zero-order chi connectivity index (χ0) is 15.1. The van der Waals surface area contributed by atoms with Crippen LogP contribution in [0.5, 0.6) is 0 Å². The molecule has 0 aliphatic carbocycles. The first kappa shape index (κ1) is 15.1. The van der Waals surface area contributed by atoms with Crippen LogP contribution >= 0.6 is 45.8 Å². The standard InChI is InChI=1S/C16H13Cl2IN2/c1-9-4-3-5-14-15(9)20-16(10(2)17)21(14)13-7-6-11(19)8-12(13)18/h3-8,10H,1-2H3. The lowest BCUT2D eigenvalue weighted by Gasteiger charge is -2.12. The summed E-state index contributed by atoms with van der Waals surface area (Å²) in [6.07, 6.45) is 0. The zero-order valence-corrected chi connectivity index (χ0v) is 15.2. The monoisotopic (exact) mass is 430 g/mol. The number of aromatic nitrogens is 2. The van der Waals surface area contributed by atoms with E-state index in [9.17, 15) is 0 Å². The first-order chi connectivity index (χ1) is 9.99. The molecule has 1 unspecified atom stereocenters. The van der Waals surface area contributed by atoms with Crippen molar-refractivity contribution in [1.82, 2.24) is 9.55 Å². The fraction of sp³-hybridized carbons (Fsp3) is 0.188. The van der Waals surface area contributed by atoms with Crippen LogP contribution in [0.2, 0.25) is 5.02 Å². The van der Waals surface area contributed by atoms with Crippen LogP contribution in [0.3, 0.4) is 0 Å². The first-order valence-corrected chi connectivity index (χ1v) is 8.46. The summed E-state index contributed by atoms with van der Waals surface area (Å²) in [5.74, 6) is 0.809. The van der Waals surface area contributed by atoms with Gasteiger partial charge in [0.15, 0.2) is 0 Å². The predicted octanol–water partition coefficient (Wildman–Crippen LogP) is 5.89. The Hall–Kier alpha value is -0.780. The Balaban J connectivity index is 2.39. The molecule has 2 nitrogen and oxygen atoms in total. The highest BCUT2D eigenvalue weighted by Crippen LogP contribution is 2.33. The molecule has 0 saturated carbocycles. The maximum Gasteiger partial charge on any atom is 0.132 e. The first-order valence-electron chi connectivity index (χ1n) is 6.56. The van der Waals surface area contributed by atoms with Crippen LogP contribution in [0.1, 0.15) is 23.7 Å². The van der Waals surface area contributed by atoms with Gasteiger partial charge in [-0.3, -0.25) is 4.57 Å². The third kappa shape index (κ3) is 2.67. The van der Waals surface area contributed by atoms with Crippen molar-refractivity contribution in [2.24, 2.45) is 0 Å². The lowest BCUT2D eigenvalue weighted by atomic mass is 10.2. The van der Waals surface area contributed by atoms with E-state index in [1.54, 1.807) is 0 Å². The Morgan fingerprint density at radius 2 is 2.00 bits per heavy atom. The molecule has 3 aromatic rings. The van der Waals surface area contributed by atoms with Gasteiger partial charge in [-0.25, -0.2) is 4.98 Å². The lowest BCUT2D eigenvalue weighted by molar-refractivity contribution is 0.882. The summed E-state index contributed by atoms with van der Waals surface area (Å²) in [6, 6.07) is 12.1. The fourth-order valence-electron chi connectivity index (χ4n) is 2.44. The molecule has 0 N–H and O–H groups in total. The fourth-order valence-corrected chi connectivity index (χ4v) is 3.53. The summed E-state index contributed by atoms with van der Waals surface area (Å²) in [5, 5.41) is 0.494. The lowest BCUT2D eigenvalue weighted by Crippen LogP contribution is -2.02. The highest BCUT2D eigenvalue weighted by molar-refractivity contribution is 14.1. The summed E-state index contributed by atoms with van der Waals surface area (Å²) in [4.78, 5) is 4.72. The smallest absolute Gasteiger partial charge is 0.132 e. The average Bonchev–Trinajstić information content (AvgIpc) is 2.80. The molecule has 0 radical (unpaired) electrons. The quantitative estimate of drug-likeness (QED) is 0.366. The minimum Gasteiger partial charge on any atom is -0.294 e. The minimum atomic E-state index is -0.202. The molecular weight excluding hydrogens is 418 g/mol. The topological polar surface area (TPSA) is 17.8 Å². The van der Waals surface area contributed by atoms with Gasteiger partial charge in [-0.15, -0.1) is 11.6 Å². The molecule has 1 atom stereocenters. The van der Waals surface area contributed by atoms with Crippen LogP contribution in [0.4, 0.5) is 0 Å². The minimum absolute atomic E-state index is 0.202. The van der Waals surface area contributed by atoms with Crippen molar-refractivity contribution < 1.29 is 0 Å². The summed E-state index contributed by atoms with van der Waals surface area (Å²) >= 11 is 15.0. The molecule has 0 fully saturated rings. The van der Waals surface area contributed by atoms with Gasteiger partial charge in [0.1, 0.15) is 5.82 Å². The molecule has 2 aromatic carbocycles. The third-order valence-corrected chi connectivity index (χ3v) is 4.59. The molecular formula is C16H13Cl2IN2. The number of aryl methyl sites for hydroxylation is 1. The Labute approximate surface area is 147 Å². The number of benzene rings is 2. The molecule has 5 heteroatoms. The number of nitrogens with zero attached hydrogens (tertiary/aromatic N) is 2.